The van der Waals surface area contributed by atoms with Crippen LogP contribution in [0.25, 0.3) is 0 Å². The Kier molecular flexibility index (Phi) is 2.48. The summed E-state index contributed by atoms with van der Waals surface area (Å²) in [5.41, 5.74) is 0. The predicted molar refractivity (Wildman–Crippen MR) is 38.5 cm³/mol. The van der Waals surface area contributed by atoms with Crippen LogP contribution >= 0.6 is 0 Å². The van der Waals surface area contributed by atoms with Gasteiger partial charge in [0.05, 0.1) is 19.1 Å². The van der Waals surface area contributed by atoms with E-state index in [1.807, 2.05) is 6.07 Å². The third-order valence-corrected chi connectivity index (χ3v) is 2.01. The molecule has 0 bridgehead atoms. The maximum absolute atomic E-state index is 11.0. The van der Waals surface area contributed by atoms with Gasteiger partial charge in [-0.15, -0.1) is 0 Å². The zero-order chi connectivity index (χ0) is 8.27. The van der Waals surface area contributed by atoms with Gasteiger partial charge in [-0.05, 0) is 18.8 Å². The fraction of sp³-hybridized carbons (Fsp3) is 0.750. The van der Waals surface area contributed by atoms with Crippen molar-refractivity contribution in [2.75, 3.05) is 7.11 Å². The van der Waals surface area contributed by atoms with Crippen molar-refractivity contribution in [2.45, 2.75) is 19.3 Å². The molecule has 0 radical (unpaired) electrons. The highest BCUT2D eigenvalue weighted by atomic mass is 16.5. The number of methoxy groups -OCH3 is 1. The van der Waals surface area contributed by atoms with E-state index in [1.54, 1.807) is 0 Å². The van der Waals surface area contributed by atoms with Gasteiger partial charge in [0.1, 0.15) is 0 Å². The summed E-state index contributed by atoms with van der Waals surface area (Å²) in [5, 5.41) is 8.40. The molecule has 0 aromatic carbocycles. The first-order valence-electron chi connectivity index (χ1n) is 3.74. The number of nitriles is 1. The molecule has 0 aliphatic heterocycles. The molecule has 1 unspecified atom stereocenters. The summed E-state index contributed by atoms with van der Waals surface area (Å²) in [6.45, 7) is 0. The fourth-order valence-electron chi connectivity index (χ4n) is 1.19. The number of hydrogen-bond acceptors (Lipinski definition) is 3. The number of rotatable bonds is 3. The number of ether oxygens (including phenoxy) is 1. The maximum Gasteiger partial charge on any atom is 0.309 e. The highest BCUT2D eigenvalue weighted by Crippen LogP contribution is 2.38. The molecule has 3 nitrogen and oxygen atoms in total. The molecule has 0 saturated heterocycles. The monoisotopic (exact) mass is 153 g/mol. The molecule has 60 valence electrons. The lowest BCUT2D eigenvalue weighted by Crippen LogP contribution is -2.17. The van der Waals surface area contributed by atoms with E-state index in [-0.39, 0.29) is 11.9 Å². The normalized spacial score (nSPS) is 18.5. The molecule has 1 atom stereocenters. The average molecular weight is 153 g/mol. The van der Waals surface area contributed by atoms with E-state index in [9.17, 15) is 4.79 Å². The van der Waals surface area contributed by atoms with Gasteiger partial charge in [-0.2, -0.15) is 5.26 Å². The Labute approximate surface area is 66.0 Å². The van der Waals surface area contributed by atoms with Crippen LogP contribution in [0.15, 0.2) is 0 Å². The zero-order valence-corrected chi connectivity index (χ0v) is 6.54. The van der Waals surface area contributed by atoms with Crippen LogP contribution in [0.3, 0.4) is 0 Å². The Balaban J connectivity index is 2.45. The van der Waals surface area contributed by atoms with Crippen LogP contribution in [0.5, 0.6) is 0 Å². The molecule has 1 saturated carbocycles. The number of carbonyl (C=O) groups excluding carboxylic acids is 1. The van der Waals surface area contributed by atoms with Gasteiger partial charge in [0, 0.05) is 6.42 Å². The van der Waals surface area contributed by atoms with Crippen LogP contribution in [0.2, 0.25) is 0 Å². The molecule has 1 fully saturated rings. The van der Waals surface area contributed by atoms with Gasteiger partial charge in [-0.1, -0.05) is 0 Å². The third kappa shape index (κ3) is 1.94. The number of hydrogen-bond donors (Lipinski definition) is 0. The lowest BCUT2D eigenvalue weighted by molar-refractivity contribution is -0.146. The van der Waals surface area contributed by atoms with Gasteiger partial charge < -0.3 is 4.74 Å². The second-order valence-electron chi connectivity index (χ2n) is 2.83. The minimum atomic E-state index is -0.228. The van der Waals surface area contributed by atoms with Gasteiger partial charge in [0.2, 0.25) is 0 Å². The van der Waals surface area contributed by atoms with Gasteiger partial charge in [-0.3, -0.25) is 4.79 Å². The van der Waals surface area contributed by atoms with Crippen molar-refractivity contribution in [1.82, 2.24) is 0 Å². The number of nitrogens with zero attached hydrogens (tertiary/aromatic N) is 1. The van der Waals surface area contributed by atoms with Crippen molar-refractivity contribution in [1.29, 1.82) is 5.26 Å². The van der Waals surface area contributed by atoms with E-state index in [1.165, 1.54) is 7.11 Å². The summed E-state index contributed by atoms with van der Waals surface area (Å²) in [6, 6.07) is 2.00. The molecule has 0 amide bonds. The van der Waals surface area contributed by atoms with Gasteiger partial charge in [0.25, 0.3) is 0 Å². The molecular formula is C8H11NO2. The molecule has 1 rings (SSSR count). The summed E-state index contributed by atoms with van der Waals surface area (Å²) in [7, 11) is 1.37. The molecule has 0 N–H and O–H groups in total. The third-order valence-electron chi connectivity index (χ3n) is 2.01. The van der Waals surface area contributed by atoms with Gasteiger partial charge >= 0.3 is 5.97 Å². The Hall–Kier alpha value is -1.04. The Bertz CT molecular complexity index is 191. The first-order valence-corrected chi connectivity index (χ1v) is 3.74. The average Bonchev–Trinajstić information content (AvgIpc) is 2.81. The second kappa shape index (κ2) is 3.38. The van der Waals surface area contributed by atoms with E-state index in [0.29, 0.717) is 12.3 Å². The molecule has 3 heteroatoms. The second-order valence-corrected chi connectivity index (χ2v) is 2.83. The first kappa shape index (κ1) is 8.06. The molecule has 0 aromatic rings. The van der Waals surface area contributed by atoms with Crippen molar-refractivity contribution in [3.8, 4) is 6.07 Å². The van der Waals surface area contributed by atoms with Crippen LogP contribution in [-0.2, 0) is 9.53 Å². The minimum absolute atomic E-state index is 0.162. The van der Waals surface area contributed by atoms with Crippen LogP contribution < -0.4 is 0 Å². The van der Waals surface area contributed by atoms with Crippen molar-refractivity contribution in [3.05, 3.63) is 0 Å². The standard InChI is InChI=1S/C8H11NO2/c1-11-8(10)7(4-5-9)6-2-3-6/h6-7H,2-4H2,1H3. The molecular weight excluding hydrogens is 142 g/mol. The Morgan fingerprint density at radius 1 is 1.82 bits per heavy atom. The minimum Gasteiger partial charge on any atom is -0.469 e. The van der Waals surface area contributed by atoms with Crippen molar-refractivity contribution >= 4 is 5.97 Å². The lowest BCUT2D eigenvalue weighted by atomic mass is 10.0. The first-order chi connectivity index (χ1) is 5.29. The summed E-state index contributed by atoms with van der Waals surface area (Å²) in [5.74, 6) is 0.0288. The summed E-state index contributed by atoms with van der Waals surface area (Å²) in [6.07, 6.45) is 2.44. The van der Waals surface area contributed by atoms with Crippen LogP contribution in [0.1, 0.15) is 19.3 Å². The van der Waals surface area contributed by atoms with Crippen molar-refractivity contribution in [3.63, 3.8) is 0 Å². The maximum atomic E-state index is 11.0. The van der Waals surface area contributed by atoms with Gasteiger partial charge in [-0.25, -0.2) is 0 Å². The highest BCUT2D eigenvalue weighted by molar-refractivity contribution is 5.73. The van der Waals surface area contributed by atoms with Crippen molar-refractivity contribution < 1.29 is 9.53 Å². The fourth-order valence-corrected chi connectivity index (χ4v) is 1.19. The summed E-state index contributed by atoms with van der Waals surface area (Å²) in [4.78, 5) is 11.0. The van der Waals surface area contributed by atoms with E-state index >= 15 is 0 Å². The number of esters is 1. The SMILES string of the molecule is COC(=O)C(CC#N)C1CC1. The summed E-state index contributed by atoms with van der Waals surface area (Å²) >= 11 is 0. The van der Waals surface area contributed by atoms with E-state index in [4.69, 9.17) is 5.26 Å². The van der Waals surface area contributed by atoms with E-state index in [0.717, 1.165) is 12.8 Å². The quantitative estimate of drug-likeness (QED) is 0.570. The topological polar surface area (TPSA) is 50.1 Å². The molecule has 1 aliphatic carbocycles. The Morgan fingerprint density at radius 2 is 2.45 bits per heavy atom. The zero-order valence-electron chi connectivity index (χ0n) is 6.54. The molecule has 0 heterocycles. The lowest BCUT2D eigenvalue weighted by Gasteiger charge is -2.07. The molecule has 1 aliphatic rings. The molecule has 0 aromatic heterocycles. The van der Waals surface area contributed by atoms with Crippen LogP contribution in [-0.4, -0.2) is 13.1 Å². The number of carbonyl (C=O) groups is 1. The van der Waals surface area contributed by atoms with E-state index < -0.39 is 0 Å². The molecule has 11 heavy (non-hydrogen) atoms. The molecule has 0 spiro atoms. The van der Waals surface area contributed by atoms with E-state index in [2.05, 4.69) is 4.74 Å². The largest absolute Gasteiger partial charge is 0.469 e. The van der Waals surface area contributed by atoms with Crippen LogP contribution in [0.4, 0.5) is 0 Å². The van der Waals surface area contributed by atoms with Gasteiger partial charge in [0.15, 0.2) is 0 Å². The smallest absolute Gasteiger partial charge is 0.309 e. The summed E-state index contributed by atoms with van der Waals surface area (Å²) < 4.78 is 4.58. The Morgan fingerprint density at radius 3 is 2.82 bits per heavy atom. The van der Waals surface area contributed by atoms with Crippen LogP contribution in [0, 0.1) is 23.2 Å². The highest BCUT2D eigenvalue weighted by Gasteiger charge is 2.36. The predicted octanol–water partition coefficient (Wildman–Crippen LogP) is 1.10. The van der Waals surface area contributed by atoms with Crippen molar-refractivity contribution in [2.24, 2.45) is 11.8 Å².